The number of fused-ring (bicyclic) bond motifs is 1. The summed E-state index contributed by atoms with van der Waals surface area (Å²) in [5, 5.41) is 3.82. The molecule has 0 saturated carbocycles. The van der Waals surface area contributed by atoms with Gasteiger partial charge in [-0.1, -0.05) is 49.7 Å². The van der Waals surface area contributed by atoms with Gasteiger partial charge in [-0.15, -0.1) is 0 Å². The van der Waals surface area contributed by atoms with Crippen LogP contribution >= 0.6 is 11.6 Å². The summed E-state index contributed by atoms with van der Waals surface area (Å²) in [6.07, 6.45) is 2.33. The van der Waals surface area contributed by atoms with E-state index in [1.807, 2.05) is 36.4 Å². The summed E-state index contributed by atoms with van der Waals surface area (Å²) >= 11 is 6.32. The molecule has 1 unspecified atom stereocenters. The monoisotopic (exact) mass is 343 g/mol. The summed E-state index contributed by atoms with van der Waals surface area (Å²) in [5.41, 5.74) is 4.07. The first kappa shape index (κ1) is 16.8. The number of carbonyl (C=O) groups excluding carboxylic acids is 1. The number of rotatable bonds is 4. The van der Waals surface area contributed by atoms with Crippen LogP contribution in [0.1, 0.15) is 30.5 Å². The molecule has 0 bridgehead atoms. The van der Waals surface area contributed by atoms with Gasteiger partial charge >= 0.3 is 0 Å². The number of ether oxygens (including phenoxy) is 1. The number of aryl methyl sites for hydroxylation is 1. The lowest BCUT2D eigenvalue weighted by Gasteiger charge is -2.25. The lowest BCUT2D eigenvalue weighted by atomic mass is 9.95. The van der Waals surface area contributed by atoms with E-state index in [1.165, 1.54) is 0 Å². The molecule has 2 aromatic carbocycles. The van der Waals surface area contributed by atoms with Gasteiger partial charge in [0.15, 0.2) is 0 Å². The molecule has 4 heteroatoms. The number of halogens is 1. The van der Waals surface area contributed by atoms with Crippen LogP contribution in [0.25, 0.3) is 0 Å². The second-order valence-electron chi connectivity index (χ2n) is 6.08. The van der Waals surface area contributed by atoms with Crippen LogP contribution in [0.3, 0.4) is 0 Å². The zero-order chi connectivity index (χ0) is 17.1. The third-order valence-electron chi connectivity index (χ3n) is 4.57. The van der Waals surface area contributed by atoms with Gasteiger partial charge in [-0.3, -0.25) is 4.79 Å². The van der Waals surface area contributed by atoms with E-state index in [1.54, 1.807) is 0 Å². The fraction of sp³-hybridized carbons (Fsp3) is 0.350. The van der Waals surface area contributed by atoms with Crippen LogP contribution in [0.2, 0.25) is 5.02 Å². The van der Waals surface area contributed by atoms with Crippen molar-refractivity contribution in [1.82, 2.24) is 0 Å². The topological polar surface area (TPSA) is 38.3 Å². The molecule has 1 heterocycles. The first-order valence-electron chi connectivity index (χ1n) is 8.45. The lowest BCUT2D eigenvalue weighted by Crippen LogP contribution is -2.33. The molecule has 0 saturated heterocycles. The van der Waals surface area contributed by atoms with Crippen molar-refractivity contribution in [3.05, 3.63) is 58.1 Å². The van der Waals surface area contributed by atoms with Crippen LogP contribution < -0.4 is 10.1 Å². The van der Waals surface area contributed by atoms with E-state index in [9.17, 15) is 4.79 Å². The van der Waals surface area contributed by atoms with Crippen molar-refractivity contribution < 1.29 is 9.53 Å². The number of nitrogens with one attached hydrogen (secondary N) is 1. The number of hydrogen-bond acceptors (Lipinski definition) is 2. The van der Waals surface area contributed by atoms with E-state index in [-0.39, 0.29) is 11.8 Å². The minimum atomic E-state index is -0.187. The molecule has 1 aliphatic rings. The second-order valence-corrected chi connectivity index (χ2v) is 6.48. The van der Waals surface area contributed by atoms with Crippen molar-refractivity contribution >= 4 is 23.2 Å². The summed E-state index contributed by atoms with van der Waals surface area (Å²) < 4.78 is 5.74. The normalized spacial score (nSPS) is 16.2. The standard InChI is InChI=1S/C20H22ClNO2/c1-3-13-9-10-17(21)16(4-2)19(13)22-20(23)15-11-14-7-5-6-8-18(14)24-12-15/h5-10,15H,3-4,11-12H2,1-2H3,(H,22,23). The summed E-state index contributed by atoms with van der Waals surface area (Å²) in [7, 11) is 0. The maximum atomic E-state index is 12.8. The van der Waals surface area contributed by atoms with Gasteiger partial charge in [0.05, 0.1) is 5.92 Å². The average molecular weight is 344 g/mol. The highest BCUT2D eigenvalue weighted by atomic mass is 35.5. The molecule has 0 fully saturated rings. The van der Waals surface area contributed by atoms with Crippen LogP contribution in [0, 0.1) is 5.92 Å². The van der Waals surface area contributed by atoms with Gasteiger partial charge < -0.3 is 10.1 Å². The van der Waals surface area contributed by atoms with E-state index in [2.05, 4.69) is 19.2 Å². The summed E-state index contributed by atoms with van der Waals surface area (Å²) in [4.78, 5) is 12.8. The lowest BCUT2D eigenvalue weighted by molar-refractivity contribution is -0.121. The maximum absolute atomic E-state index is 12.8. The molecule has 2 aromatic rings. The maximum Gasteiger partial charge on any atom is 0.231 e. The van der Waals surface area contributed by atoms with Gasteiger partial charge in [-0.2, -0.15) is 0 Å². The van der Waals surface area contributed by atoms with Crippen molar-refractivity contribution in [3.63, 3.8) is 0 Å². The average Bonchev–Trinajstić information content (AvgIpc) is 2.61. The molecule has 0 spiro atoms. The molecule has 0 radical (unpaired) electrons. The van der Waals surface area contributed by atoms with Crippen LogP contribution in [0.5, 0.6) is 5.75 Å². The van der Waals surface area contributed by atoms with Crippen LogP contribution in [0.15, 0.2) is 36.4 Å². The Morgan fingerprint density at radius 3 is 2.75 bits per heavy atom. The van der Waals surface area contributed by atoms with Gasteiger partial charge in [0.25, 0.3) is 0 Å². The molecule has 0 aromatic heterocycles. The third-order valence-corrected chi connectivity index (χ3v) is 4.93. The van der Waals surface area contributed by atoms with E-state index in [0.29, 0.717) is 18.1 Å². The highest BCUT2D eigenvalue weighted by molar-refractivity contribution is 6.32. The van der Waals surface area contributed by atoms with Gasteiger partial charge in [0, 0.05) is 10.7 Å². The number of carbonyl (C=O) groups is 1. The highest BCUT2D eigenvalue weighted by Crippen LogP contribution is 2.31. The molecule has 24 heavy (non-hydrogen) atoms. The Morgan fingerprint density at radius 2 is 2.00 bits per heavy atom. The zero-order valence-electron chi connectivity index (χ0n) is 14.1. The number of amides is 1. The summed E-state index contributed by atoms with van der Waals surface area (Å²) in [6.45, 7) is 4.54. The minimum Gasteiger partial charge on any atom is -0.492 e. The van der Waals surface area contributed by atoms with Crippen LogP contribution in [-0.4, -0.2) is 12.5 Å². The molecule has 3 nitrogen and oxygen atoms in total. The highest BCUT2D eigenvalue weighted by Gasteiger charge is 2.27. The number of para-hydroxylation sites is 1. The molecule has 0 aliphatic carbocycles. The van der Waals surface area contributed by atoms with Gasteiger partial charge in [0.1, 0.15) is 12.4 Å². The van der Waals surface area contributed by atoms with Crippen LogP contribution in [0.4, 0.5) is 5.69 Å². The summed E-state index contributed by atoms with van der Waals surface area (Å²) in [5.74, 6) is 0.692. The Bertz CT molecular complexity index is 757. The van der Waals surface area contributed by atoms with E-state index >= 15 is 0 Å². The van der Waals surface area contributed by atoms with Gasteiger partial charge in [-0.05, 0) is 48.1 Å². The third kappa shape index (κ3) is 3.27. The van der Waals surface area contributed by atoms with Crippen molar-refractivity contribution in [2.45, 2.75) is 33.1 Å². The SMILES string of the molecule is CCc1ccc(Cl)c(CC)c1NC(=O)C1COc2ccccc2C1. The largest absolute Gasteiger partial charge is 0.492 e. The quantitative estimate of drug-likeness (QED) is 0.877. The van der Waals surface area contributed by atoms with Crippen molar-refractivity contribution in [2.24, 2.45) is 5.92 Å². The van der Waals surface area contributed by atoms with Gasteiger partial charge in [0.2, 0.25) is 5.91 Å². The predicted octanol–water partition coefficient (Wildman–Crippen LogP) is 4.65. The zero-order valence-corrected chi connectivity index (χ0v) is 14.8. The fourth-order valence-corrected chi connectivity index (χ4v) is 3.48. The molecule has 126 valence electrons. The number of benzene rings is 2. The molecule has 3 rings (SSSR count). The molecule has 1 N–H and O–H groups in total. The predicted molar refractivity (Wildman–Crippen MR) is 98.0 cm³/mol. The smallest absolute Gasteiger partial charge is 0.231 e. The summed E-state index contributed by atoms with van der Waals surface area (Å²) in [6, 6.07) is 11.8. The Labute approximate surface area is 148 Å². The first-order valence-corrected chi connectivity index (χ1v) is 8.83. The Hall–Kier alpha value is -2.00. The van der Waals surface area contributed by atoms with E-state index < -0.39 is 0 Å². The van der Waals surface area contributed by atoms with Gasteiger partial charge in [-0.25, -0.2) is 0 Å². The second kappa shape index (κ2) is 7.27. The fourth-order valence-electron chi connectivity index (χ4n) is 3.19. The Morgan fingerprint density at radius 1 is 1.21 bits per heavy atom. The molecular weight excluding hydrogens is 322 g/mol. The van der Waals surface area contributed by atoms with E-state index in [0.717, 1.165) is 41.0 Å². The first-order chi connectivity index (χ1) is 11.6. The Kier molecular flexibility index (Phi) is 5.10. The van der Waals surface area contributed by atoms with Crippen molar-refractivity contribution in [1.29, 1.82) is 0 Å². The van der Waals surface area contributed by atoms with Crippen LogP contribution in [-0.2, 0) is 24.1 Å². The molecule has 1 atom stereocenters. The molecular formula is C20H22ClNO2. The minimum absolute atomic E-state index is 0.00355. The Balaban J connectivity index is 1.82. The molecule has 1 aliphatic heterocycles. The van der Waals surface area contributed by atoms with Crippen molar-refractivity contribution in [3.8, 4) is 5.75 Å². The van der Waals surface area contributed by atoms with E-state index in [4.69, 9.17) is 16.3 Å². The molecule has 1 amide bonds. The number of anilines is 1. The van der Waals surface area contributed by atoms with Crippen molar-refractivity contribution in [2.75, 3.05) is 11.9 Å². The number of hydrogen-bond donors (Lipinski definition) is 1.